The van der Waals surface area contributed by atoms with Gasteiger partial charge >= 0.3 is 19.8 Å². The molecule has 0 fully saturated rings. The molecule has 12 heteroatoms. The normalized spacial score (nSPS) is 13.2. The minimum atomic E-state index is -4.99. The van der Waals surface area contributed by atoms with E-state index in [2.05, 4.69) is 18.5 Å². The molecule has 0 aliphatic carbocycles. The predicted molar refractivity (Wildman–Crippen MR) is 181 cm³/mol. The van der Waals surface area contributed by atoms with E-state index in [1.165, 1.54) is 89.9 Å². The molecule has 46 heavy (non-hydrogen) atoms. The highest BCUT2D eigenvalue weighted by atomic mass is 31.2. The summed E-state index contributed by atoms with van der Waals surface area (Å²) in [5.74, 6) is -0.913. The molecule has 273 valence electrons. The lowest BCUT2D eigenvalue weighted by Gasteiger charge is -2.25. The van der Waals surface area contributed by atoms with Crippen molar-refractivity contribution < 1.29 is 48.3 Å². The number of aliphatic hydroxyl groups is 2. The maximum absolute atomic E-state index is 12.1. The van der Waals surface area contributed by atoms with Crippen LogP contribution in [0.3, 0.4) is 0 Å². The summed E-state index contributed by atoms with van der Waals surface area (Å²) in [5.41, 5.74) is 0. The topological polar surface area (TPSA) is 166 Å². The molecule has 0 amide bonds. The number of hydrogen-bond acceptors (Lipinski definition) is 9. The SMILES string of the molecule is CCCCCCCCCCCCCC(=O)OC[C@@H](O)CN(C[C@H](O)COC(=[O+])CCCCCCCCCCCCC)OP(=O)(O)O. The van der Waals surface area contributed by atoms with Gasteiger partial charge in [0.25, 0.3) is 0 Å². The second-order valence-corrected chi connectivity index (χ2v) is 13.8. The van der Waals surface area contributed by atoms with Crippen LogP contribution < -0.4 is 0 Å². The summed E-state index contributed by atoms with van der Waals surface area (Å²) >= 11 is 0. The summed E-state index contributed by atoms with van der Waals surface area (Å²) in [6.07, 6.45) is 23.5. The number of nitrogens with zero attached hydrogens (tertiary/aromatic N) is 1. The van der Waals surface area contributed by atoms with Crippen LogP contribution in [-0.2, 0) is 28.3 Å². The Kier molecular flexibility index (Phi) is 30.5. The zero-order valence-corrected chi connectivity index (χ0v) is 30.0. The van der Waals surface area contributed by atoms with E-state index in [0.29, 0.717) is 17.9 Å². The first kappa shape index (κ1) is 44.9. The Morgan fingerprint density at radius 1 is 0.609 bits per heavy atom. The van der Waals surface area contributed by atoms with Gasteiger partial charge in [0.15, 0.2) is 0 Å². The molecule has 0 saturated heterocycles. The van der Waals surface area contributed by atoms with Crippen LogP contribution in [0.15, 0.2) is 0 Å². The Morgan fingerprint density at radius 2 is 0.957 bits per heavy atom. The molecule has 11 nitrogen and oxygen atoms in total. The van der Waals surface area contributed by atoms with E-state index in [1.54, 1.807) is 0 Å². The molecule has 2 atom stereocenters. The number of ether oxygens (including phenoxy) is 2. The van der Waals surface area contributed by atoms with Gasteiger partial charge in [0.1, 0.15) is 25.2 Å². The average Bonchev–Trinajstić information content (AvgIpc) is 2.99. The first-order valence-electron chi connectivity index (χ1n) is 18.2. The van der Waals surface area contributed by atoms with Gasteiger partial charge in [-0.1, -0.05) is 142 Å². The minimum absolute atomic E-state index is 0.232. The zero-order valence-electron chi connectivity index (χ0n) is 29.1. The number of hydroxylamine groups is 2. The lowest BCUT2D eigenvalue weighted by molar-refractivity contribution is -0.158. The maximum atomic E-state index is 12.1. The Hall–Kier alpha value is -1.07. The highest BCUT2D eigenvalue weighted by Crippen LogP contribution is 2.37. The van der Waals surface area contributed by atoms with Crippen molar-refractivity contribution in [2.75, 3.05) is 26.3 Å². The molecule has 1 radical (unpaired) electrons. The highest BCUT2D eigenvalue weighted by molar-refractivity contribution is 7.46. The second kappa shape index (κ2) is 31.2. The molecule has 0 rings (SSSR count). The Labute approximate surface area is 279 Å². The van der Waals surface area contributed by atoms with Gasteiger partial charge in [-0.15, -0.1) is 0 Å². The Bertz CT molecular complexity index is 716. The summed E-state index contributed by atoms with van der Waals surface area (Å²) in [6.45, 7) is 2.77. The van der Waals surface area contributed by atoms with Crippen molar-refractivity contribution in [3.8, 4) is 0 Å². The fourth-order valence-corrected chi connectivity index (χ4v) is 5.69. The number of hydrogen-bond donors (Lipinski definition) is 4. The van der Waals surface area contributed by atoms with Crippen molar-refractivity contribution in [2.45, 2.75) is 180 Å². The standard InChI is InChI=1S/C34H68NO10P/c1-3-5-7-9-11-13-15-17-19-21-23-25-33(38)43-29-31(36)27-35(45-46(40,41)42)28-32(37)30-44-34(39)26-24-22-20-18-16-14-12-10-8-6-4-2/h31-32,36-37H,3-30H2,1-2H3,(H2,40,41,42)/q+1/t31-,32-/m0/s1. The summed E-state index contributed by atoms with van der Waals surface area (Å²) in [6, 6.07) is 0. The number of phosphoric acid groups is 1. The molecule has 0 bridgehead atoms. The first-order valence-corrected chi connectivity index (χ1v) is 19.8. The number of carbonyl (C=O) groups excluding carboxylic acids is 2. The highest BCUT2D eigenvalue weighted by Gasteiger charge is 2.28. The van der Waals surface area contributed by atoms with Crippen molar-refractivity contribution in [2.24, 2.45) is 0 Å². The van der Waals surface area contributed by atoms with E-state index in [1.807, 2.05) is 0 Å². The zero-order chi connectivity index (χ0) is 34.3. The van der Waals surface area contributed by atoms with E-state index in [0.717, 1.165) is 38.5 Å². The van der Waals surface area contributed by atoms with Crippen LogP contribution in [0.1, 0.15) is 168 Å². The van der Waals surface area contributed by atoms with Crippen molar-refractivity contribution in [3.63, 3.8) is 0 Å². The fourth-order valence-electron chi connectivity index (χ4n) is 5.26. The molecule has 4 N–H and O–H groups in total. The Balaban J connectivity index is 4.09. The first-order chi connectivity index (χ1) is 22.1. The molecule has 0 aliphatic heterocycles. The molecular formula is C34H68NO10P+. The molecule has 0 aromatic carbocycles. The van der Waals surface area contributed by atoms with Crippen LogP contribution >= 0.6 is 7.82 Å². The van der Waals surface area contributed by atoms with Gasteiger partial charge in [-0.3, -0.25) is 4.79 Å². The van der Waals surface area contributed by atoms with Crippen LogP contribution in [0, 0.1) is 0 Å². The van der Waals surface area contributed by atoms with Gasteiger partial charge in [-0.05, 0) is 12.8 Å². The van der Waals surface area contributed by atoms with Crippen molar-refractivity contribution >= 4 is 19.8 Å². The van der Waals surface area contributed by atoms with Crippen LogP contribution in [0.2, 0.25) is 0 Å². The van der Waals surface area contributed by atoms with E-state index >= 15 is 0 Å². The fraction of sp³-hybridized carbons (Fsp3) is 0.941. The van der Waals surface area contributed by atoms with E-state index in [4.69, 9.17) is 9.47 Å². The maximum Gasteiger partial charge on any atom is 0.574 e. The molecule has 0 saturated carbocycles. The molecule has 0 aromatic heterocycles. The largest absolute Gasteiger partial charge is 0.574 e. The average molecular weight is 682 g/mol. The summed E-state index contributed by atoms with van der Waals surface area (Å²) in [5, 5.41) is 21.2. The summed E-state index contributed by atoms with van der Waals surface area (Å²) < 4.78 is 26.2. The van der Waals surface area contributed by atoms with Crippen LogP contribution in [0.5, 0.6) is 0 Å². The lowest BCUT2D eigenvalue weighted by atomic mass is 10.1. The number of aliphatic hydroxyl groups excluding tert-OH is 2. The van der Waals surface area contributed by atoms with Gasteiger partial charge in [-0.2, -0.15) is 9.69 Å². The molecule has 0 heterocycles. The van der Waals surface area contributed by atoms with E-state index in [-0.39, 0.29) is 26.1 Å². The minimum Gasteiger partial charge on any atom is -0.463 e. The van der Waals surface area contributed by atoms with Crippen LogP contribution in [-0.4, -0.2) is 75.5 Å². The monoisotopic (exact) mass is 681 g/mol. The summed E-state index contributed by atoms with van der Waals surface area (Å²) in [7, 11) is -4.99. The smallest absolute Gasteiger partial charge is 0.463 e. The second-order valence-electron chi connectivity index (χ2n) is 12.7. The van der Waals surface area contributed by atoms with Gasteiger partial charge in [0.05, 0.1) is 13.1 Å². The van der Waals surface area contributed by atoms with Crippen LogP contribution in [0.4, 0.5) is 0 Å². The third kappa shape index (κ3) is 32.9. The van der Waals surface area contributed by atoms with Crippen molar-refractivity contribution in [1.82, 2.24) is 5.06 Å². The van der Waals surface area contributed by atoms with Gasteiger partial charge in [0.2, 0.25) is 6.61 Å². The summed E-state index contributed by atoms with van der Waals surface area (Å²) in [4.78, 5) is 42.6. The Morgan fingerprint density at radius 3 is 1.35 bits per heavy atom. The predicted octanol–water partition coefficient (Wildman–Crippen LogP) is 7.52. The van der Waals surface area contributed by atoms with Crippen molar-refractivity contribution in [1.29, 1.82) is 0 Å². The van der Waals surface area contributed by atoms with E-state index in [9.17, 15) is 34.2 Å². The molecule has 0 spiro atoms. The number of rotatable bonds is 34. The quantitative estimate of drug-likeness (QED) is 0.0174. The molecule has 0 unspecified atom stereocenters. The molecule has 0 aliphatic rings. The molecular weight excluding hydrogens is 613 g/mol. The number of esters is 2. The lowest BCUT2D eigenvalue weighted by Crippen LogP contribution is -2.40. The number of unbranched alkanes of at least 4 members (excludes halogenated alkanes) is 20. The number of carbonyl (C=O) groups is 2. The van der Waals surface area contributed by atoms with Crippen molar-refractivity contribution in [3.05, 3.63) is 0 Å². The third-order valence-corrected chi connectivity index (χ3v) is 8.34. The molecule has 0 aromatic rings. The van der Waals surface area contributed by atoms with Gasteiger partial charge < -0.3 is 29.5 Å². The van der Waals surface area contributed by atoms with Gasteiger partial charge in [-0.25, -0.2) is 4.57 Å². The van der Waals surface area contributed by atoms with Gasteiger partial charge in [0, 0.05) is 11.2 Å². The van der Waals surface area contributed by atoms with Crippen LogP contribution in [0.25, 0.3) is 0 Å². The third-order valence-electron chi connectivity index (χ3n) is 7.89. The van der Waals surface area contributed by atoms with E-state index < -0.39 is 45.1 Å².